The molecule has 0 saturated heterocycles. The Bertz CT molecular complexity index is 565. The van der Waals surface area contributed by atoms with Crippen LogP contribution in [0.5, 0.6) is 0 Å². The zero-order valence-electron chi connectivity index (χ0n) is 12.8. The lowest BCUT2D eigenvalue weighted by Crippen LogP contribution is -2.15. The second kappa shape index (κ2) is 8.27. The third kappa shape index (κ3) is 4.77. The molecule has 2 rings (SSSR count). The van der Waals surface area contributed by atoms with Crippen LogP contribution < -0.4 is 10.2 Å². The molecule has 0 aromatic carbocycles. The van der Waals surface area contributed by atoms with Crippen molar-refractivity contribution in [3.8, 4) is 0 Å². The molecule has 0 saturated carbocycles. The highest BCUT2D eigenvalue weighted by Gasteiger charge is 2.13. The molecule has 0 aliphatic heterocycles. The fourth-order valence-corrected chi connectivity index (χ4v) is 4.38. The highest BCUT2D eigenvalue weighted by molar-refractivity contribution is 9.11. The normalized spacial score (nSPS) is 11.0. The number of hydrogen-bond acceptors (Lipinski definition) is 5. The predicted octanol–water partition coefficient (Wildman–Crippen LogP) is 4.67. The van der Waals surface area contributed by atoms with E-state index in [1.165, 1.54) is 26.3 Å². The summed E-state index contributed by atoms with van der Waals surface area (Å²) >= 11 is 7.06. The maximum Gasteiger partial charge on any atom is 0.185 e. The molecule has 2 aromatic heterocycles. The average molecular weight is 388 g/mol. The van der Waals surface area contributed by atoms with Gasteiger partial charge in [-0.3, -0.25) is 0 Å². The first-order valence-electron chi connectivity index (χ1n) is 7.27. The van der Waals surface area contributed by atoms with Gasteiger partial charge in [0.15, 0.2) is 5.13 Å². The number of aryl methyl sites for hydroxylation is 1. The number of halogens is 1. The zero-order valence-corrected chi connectivity index (χ0v) is 16.0. The Morgan fingerprint density at radius 1 is 1.38 bits per heavy atom. The van der Waals surface area contributed by atoms with Gasteiger partial charge in [-0.25, -0.2) is 4.98 Å². The molecule has 6 heteroatoms. The molecular weight excluding hydrogens is 366 g/mol. The van der Waals surface area contributed by atoms with E-state index in [9.17, 15) is 0 Å². The smallest absolute Gasteiger partial charge is 0.185 e. The molecule has 0 amide bonds. The molecular formula is C15H22BrN3S2. The van der Waals surface area contributed by atoms with Gasteiger partial charge in [-0.15, -0.1) is 22.7 Å². The van der Waals surface area contributed by atoms with Crippen LogP contribution in [0.3, 0.4) is 0 Å². The Morgan fingerprint density at radius 3 is 2.81 bits per heavy atom. The summed E-state index contributed by atoms with van der Waals surface area (Å²) in [5.41, 5.74) is 2.56. The van der Waals surface area contributed by atoms with Gasteiger partial charge in [0.05, 0.1) is 9.48 Å². The van der Waals surface area contributed by atoms with Crippen LogP contribution in [0.4, 0.5) is 5.13 Å². The molecule has 0 aliphatic carbocycles. The Balaban J connectivity index is 2.04. The van der Waals surface area contributed by atoms with E-state index in [-0.39, 0.29) is 0 Å². The predicted molar refractivity (Wildman–Crippen MR) is 97.6 cm³/mol. The fraction of sp³-hybridized carbons (Fsp3) is 0.533. The summed E-state index contributed by atoms with van der Waals surface area (Å²) in [7, 11) is 2.12. The lowest BCUT2D eigenvalue weighted by molar-refractivity contribution is 0.676. The van der Waals surface area contributed by atoms with Crippen LogP contribution in [0.25, 0.3) is 0 Å². The molecule has 3 nitrogen and oxygen atoms in total. The van der Waals surface area contributed by atoms with Gasteiger partial charge in [-0.2, -0.15) is 0 Å². The second-order valence-corrected chi connectivity index (χ2v) is 8.36. The molecule has 116 valence electrons. The maximum absolute atomic E-state index is 4.81. The average Bonchev–Trinajstić information content (AvgIpc) is 3.05. The Labute approximate surface area is 143 Å². The van der Waals surface area contributed by atoms with Crippen LogP contribution in [-0.4, -0.2) is 18.6 Å². The zero-order chi connectivity index (χ0) is 15.2. The van der Waals surface area contributed by atoms with Crippen molar-refractivity contribution in [3.63, 3.8) is 0 Å². The van der Waals surface area contributed by atoms with Crippen LogP contribution in [-0.2, 0) is 19.5 Å². The van der Waals surface area contributed by atoms with Crippen LogP contribution in [0, 0.1) is 0 Å². The van der Waals surface area contributed by atoms with E-state index in [1.807, 2.05) is 11.3 Å². The molecule has 0 unspecified atom stereocenters. The standard InChI is InChI=1S/C15H22BrN3S2/c1-4-6-17-8-13-12(5-2)18-15(21-13)19(3)9-11-7-14(16)20-10-11/h7,10,17H,4-6,8-9H2,1-3H3. The number of rotatable bonds is 8. The lowest BCUT2D eigenvalue weighted by atomic mass is 10.3. The minimum atomic E-state index is 0.903. The van der Waals surface area contributed by atoms with Gasteiger partial charge in [-0.05, 0) is 52.3 Å². The first kappa shape index (κ1) is 16.9. The molecule has 0 bridgehead atoms. The van der Waals surface area contributed by atoms with Gasteiger partial charge in [0.25, 0.3) is 0 Å². The minimum Gasteiger partial charge on any atom is -0.347 e. The number of nitrogens with one attached hydrogen (secondary N) is 1. The van der Waals surface area contributed by atoms with Crippen molar-refractivity contribution in [1.29, 1.82) is 0 Å². The number of thiophene rings is 1. The molecule has 0 atom stereocenters. The van der Waals surface area contributed by atoms with E-state index in [0.29, 0.717) is 0 Å². The van der Waals surface area contributed by atoms with Crippen molar-refractivity contribution in [3.05, 3.63) is 31.4 Å². The van der Waals surface area contributed by atoms with Crippen LogP contribution in [0.1, 0.15) is 36.4 Å². The topological polar surface area (TPSA) is 28.2 Å². The Hall–Kier alpha value is -0.430. The van der Waals surface area contributed by atoms with Crippen LogP contribution in [0.2, 0.25) is 0 Å². The third-order valence-electron chi connectivity index (χ3n) is 3.18. The summed E-state index contributed by atoms with van der Waals surface area (Å²) in [6.45, 7) is 7.28. The van der Waals surface area contributed by atoms with Gasteiger partial charge in [0.2, 0.25) is 0 Å². The van der Waals surface area contributed by atoms with Crippen molar-refractivity contribution in [2.75, 3.05) is 18.5 Å². The summed E-state index contributed by atoms with van der Waals surface area (Å²) in [6, 6.07) is 2.18. The van der Waals surface area contributed by atoms with E-state index in [2.05, 4.69) is 58.5 Å². The van der Waals surface area contributed by atoms with Crippen LogP contribution in [0.15, 0.2) is 15.2 Å². The second-order valence-electron chi connectivity index (χ2n) is 5.01. The molecule has 21 heavy (non-hydrogen) atoms. The lowest BCUT2D eigenvalue weighted by Gasteiger charge is -2.14. The van der Waals surface area contributed by atoms with Gasteiger partial charge >= 0.3 is 0 Å². The van der Waals surface area contributed by atoms with E-state index < -0.39 is 0 Å². The summed E-state index contributed by atoms with van der Waals surface area (Å²) in [5, 5.41) is 6.79. The maximum atomic E-state index is 4.81. The Kier molecular flexibility index (Phi) is 6.67. The minimum absolute atomic E-state index is 0.903. The van der Waals surface area contributed by atoms with E-state index in [1.54, 1.807) is 11.3 Å². The molecule has 2 aromatic rings. The quantitative estimate of drug-likeness (QED) is 0.667. The van der Waals surface area contributed by atoms with E-state index in [0.717, 1.165) is 31.2 Å². The summed E-state index contributed by atoms with van der Waals surface area (Å²) in [4.78, 5) is 8.42. The first-order chi connectivity index (χ1) is 10.1. The molecule has 0 spiro atoms. The SMILES string of the molecule is CCCNCc1sc(N(C)Cc2csc(Br)c2)nc1CC. The summed E-state index contributed by atoms with van der Waals surface area (Å²) < 4.78 is 1.18. The summed E-state index contributed by atoms with van der Waals surface area (Å²) in [5.74, 6) is 0. The summed E-state index contributed by atoms with van der Waals surface area (Å²) in [6.07, 6.45) is 2.16. The van der Waals surface area contributed by atoms with Crippen molar-refractivity contribution >= 4 is 43.7 Å². The first-order valence-corrected chi connectivity index (χ1v) is 9.76. The molecule has 0 radical (unpaired) electrons. The largest absolute Gasteiger partial charge is 0.347 e. The van der Waals surface area contributed by atoms with E-state index in [4.69, 9.17) is 4.98 Å². The van der Waals surface area contributed by atoms with Crippen molar-refractivity contribution < 1.29 is 0 Å². The van der Waals surface area contributed by atoms with Gasteiger partial charge in [0.1, 0.15) is 0 Å². The van der Waals surface area contributed by atoms with Crippen LogP contribution >= 0.6 is 38.6 Å². The fourth-order valence-electron chi connectivity index (χ4n) is 2.10. The number of thiazole rings is 1. The highest BCUT2D eigenvalue weighted by atomic mass is 79.9. The number of anilines is 1. The Morgan fingerprint density at radius 2 is 2.19 bits per heavy atom. The number of aromatic nitrogens is 1. The van der Waals surface area contributed by atoms with Gasteiger partial charge in [-0.1, -0.05) is 13.8 Å². The molecule has 0 fully saturated rings. The molecule has 1 N–H and O–H groups in total. The van der Waals surface area contributed by atoms with Crippen molar-refractivity contribution in [1.82, 2.24) is 10.3 Å². The number of hydrogen-bond donors (Lipinski definition) is 1. The third-order valence-corrected chi connectivity index (χ3v) is 5.95. The van der Waals surface area contributed by atoms with E-state index >= 15 is 0 Å². The van der Waals surface area contributed by atoms with Gasteiger partial charge < -0.3 is 10.2 Å². The van der Waals surface area contributed by atoms with Crippen molar-refractivity contribution in [2.24, 2.45) is 0 Å². The molecule has 0 aliphatic rings. The highest BCUT2D eigenvalue weighted by Crippen LogP contribution is 2.28. The van der Waals surface area contributed by atoms with Crippen molar-refractivity contribution in [2.45, 2.75) is 39.8 Å². The monoisotopic (exact) mass is 387 g/mol. The van der Waals surface area contributed by atoms with Gasteiger partial charge in [0, 0.05) is 25.0 Å². The molecule has 2 heterocycles. The number of nitrogens with zero attached hydrogens (tertiary/aromatic N) is 2.